The molecule has 6 rings (SSSR count). The van der Waals surface area contributed by atoms with Crippen LogP contribution in [-0.2, 0) is 4.79 Å². The Morgan fingerprint density at radius 2 is 2.16 bits per heavy atom. The van der Waals surface area contributed by atoms with Gasteiger partial charge < -0.3 is 15.6 Å². The number of carbonyl (C=O) groups excluding carboxylic acids is 1. The first-order valence-electron chi connectivity index (χ1n) is 10.4. The summed E-state index contributed by atoms with van der Waals surface area (Å²) in [4.78, 5) is 27.3. The van der Waals surface area contributed by atoms with E-state index in [4.69, 9.17) is 10.7 Å². The molecule has 0 spiro atoms. The number of likely N-dealkylation sites (tertiary alicyclic amines) is 1. The lowest BCUT2D eigenvalue weighted by Gasteiger charge is -2.18. The fourth-order valence-corrected chi connectivity index (χ4v) is 4.53. The molecule has 1 aliphatic carbocycles. The minimum atomic E-state index is -0.778. The van der Waals surface area contributed by atoms with E-state index >= 15 is 0 Å². The highest BCUT2D eigenvalue weighted by Gasteiger charge is 2.53. The molecule has 4 aromatic rings. The highest BCUT2D eigenvalue weighted by molar-refractivity contribution is 6.07. The molecule has 2 fully saturated rings. The second-order valence-corrected chi connectivity index (χ2v) is 8.46. The number of benzene rings is 1. The van der Waals surface area contributed by atoms with Crippen molar-refractivity contribution in [2.24, 2.45) is 5.41 Å². The van der Waals surface area contributed by atoms with Crippen molar-refractivity contribution < 1.29 is 4.79 Å². The van der Waals surface area contributed by atoms with E-state index in [9.17, 15) is 10.1 Å². The number of rotatable bonds is 3. The van der Waals surface area contributed by atoms with Gasteiger partial charge in [0.25, 0.3) is 0 Å². The van der Waals surface area contributed by atoms with E-state index in [0.29, 0.717) is 37.3 Å². The number of nitrogens with one attached hydrogen (secondary N) is 2. The first-order chi connectivity index (χ1) is 15.1. The van der Waals surface area contributed by atoms with Gasteiger partial charge in [-0.3, -0.25) is 9.89 Å². The Hall–Kier alpha value is -3.93. The molecule has 4 heterocycles. The molecule has 9 nitrogen and oxygen atoms in total. The number of nitriles is 1. The van der Waals surface area contributed by atoms with Gasteiger partial charge in [-0.1, -0.05) is 6.07 Å². The number of carbonyl (C=O) groups is 1. The van der Waals surface area contributed by atoms with Crippen LogP contribution in [0.5, 0.6) is 0 Å². The Labute approximate surface area is 177 Å². The Balaban J connectivity index is 1.35. The molecule has 31 heavy (non-hydrogen) atoms. The Morgan fingerprint density at radius 1 is 1.29 bits per heavy atom. The fraction of sp³-hybridized carbons (Fsp3) is 0.318. The third-order valence-electron chi connectivity index (χ3n) is 6.50. The third-order valence-corrected chi connectivity index (χ3v) is 6.50. The molecule has 1 amide bonds. The number of pyridine rings is 1. The monoisotopic (exact) mass is 412 g/mol. The Bertz CT molecular complexity index is 1380. The standard InChI is InChI=1S/C22H20N8O/c23-11-22(5-6-22)21(31)30-8-4-13(10-30)20-27-17-14-2-1-12(15-3-7-25-29-15)9-16(14)26-19(24)18(17)28-20/h1-3,7,9,13H,4-6,8,10H2,(H2,24,26)(H,25,29)(H,27,28)/t13-/m0/s1. The average Bonchev–Trinajstić information content (AvgIpc) is 3.20. The van der Waals surface area contributed by atoms with Crippen LogP contribution >= 0.6 is 0 Å². The van der Waals surface area contributed by atoms with Crippen molar-refractivity contribution in [2.45, 2.75) is 25.2 Å². The lowest BCUT2D eigenvalue weighted by molar-refractivity contribution is -0.133. The topological polar surface area (TPSA) is 140 Å². The molecule has 1 saturated carbocycles. The summed E-state index contributed by atoms with van der Waals surface area (Å²) >= 11 is 0. The average molecular weight is 412 g/mol. The molecule has 2 aliphatic rings. The fourth-order valence-electron chi connectivity index (χ4n) is 4.53. The number of nitrogens with two attached hydrogens (primary N) is 1. The molecular formula is C22H20N8O. The highest BCUT2D eigenvalue weighted by Crippen LogP contribution is 2.47. The molecule has 1 aromatic carbocycles. The first-order valence-corrected chi connectivity index (χ1v) is 10.4. The number of imidazole rings is 1. The van der Waals surface area contributed by atoms with Crippen LogP contribution < -0.4 is 5.73 Å². The first kappa shape index (κ1) is 17.9. The van der Waals surface area contributed by atoms with E-state index < -0.39 is 5.41 Å². The summed E-state index contributed by atoms with van der Waals surface area (Å²) in [6, 6.07) is 10.1. The van der Waals surface area contributed by atoms with E-state index in [1.54, 1.807) is 6.20 Å². The summed E-state index contributed by atoms with van der Waals surface area (Å²) in [5.74, 6) is 1.23. The van der Waals surface area contributed by atoms with Crippen molar-refractivity contribution in [1.29, 1.82) is 5.26 Å². The predicted octanol–water partition coefficient (Wildman–Crippen LogP) is 2.70. The van der Waals surface area contributed by atoms with Crippen LogP contribution in [0.4, 0.5) is 5.82 Å². The molecule has 154 valence electrons. The number of H-pyrrole nitrogens is 2. The number of hydrogen-bond acceptors (Lipinski definition) is 6. The summed E-state index contributed by atoms with van der Waals surface area (Å²) in [6.07, 6.45) is 3.93. The van der Waals surface area contributed by atoms with Gasteiger partial charge in [0.1, 0.15) is 16.8 Å². The van der Waals surface area contributed by atoms with Crippen LogP contribution in [0, 0.1) is 16.7 Å². The molecule has 1 saturated heterocycles. The van der Waals surface area contributed by atoms with Gasteiger partial charge in [-0.25, -0.2) is 9.97 Å². The molecule has 1 aliphatic heterocycles. The lowest BCUT2D eigenvalue weighted by atomic mass is 10.1. The normalized spacial score (nSPS) is 19.7. The van der Waals surface area contributed by atoms with E-state index in [-0.39, 0.29) is 11.8 Å². The van der Waals surface area contributed by atoms with Crippen molar-refractivity contribution in [2.75, 3.05) is 18.8 Å². The second-order valence-electron chi connectivity index (χ2n) is 8.46. The van der Waals surface area contributed by atoms with E-state index in [2.05, 4.69) is 26.2 Å². The number of aromatic nitrogens is 5. The molecule has 0 unspecified atom stereocenters. The van der Waals surface area contributed by atoms with Gasteiger partial charge in [0.2, 0.25) is 5.91 Å². The quantitative estimate of drug-likeness (QED) is 0.472. The van der Waals surface area contributed by atoms with Crippen LogP contribution in [0.25, 0.3) is 33.2 Å². The van der Waals surface area contributed by atoms with Crippen molar-refractivity contribution >= 4 is 33.7 Å². The molecular weight excluding hydrogens is 392 g/mol. The number of fused-ring (bicyclic) bond motifs is 3. The summed E-state index contributed by atoms with van der Waals surface area (Å²) < 4.78 is 0. The summed E-state index contributed by atoms with van der Waals surface area (Å²) in [7, 11) is 0. The zero-order valence-corrected chi connectivity index (χ0v) is 16.7. The predicted molar refractivity (Wildman–Crippen MR) is 115 cm³/mol. The van der Waals surface area contributed by atoms with E-state index in [0.717, 1.165) is 39.9 Å². The molecule has 0 radical (unpaired) electrons. The molecule has 4 N–H and O–H groups in total. The molecule has 0 bridgehead atoms. The maximum absolute atomic E-state index is 12.7. The van der Waals surface area contributed by atoms with Crippen molar-refractivity contribution in [3.05, 3.63) is 36.3 Å². The smallest absolute Gasteiger partial charge is 0.243 e. The van der Waals surface area contributed by atoms with Gasteiger partial charge in [-0.2, -0.15) is 10.4 Å². The number of nitrogen functional groups attached to an aromatic ring is 1. The summed E-state index contributed by atoms with van der Waals surface area (Å²) in [5, 5.41) is 17.3. The van der Waals surface area contributed by atoms with Crippen molar-refractivity contribution in [3.8, 4) is 17.3 Å². The van der Waals surface area contributed by atoms with Crippen LogP contribution in [-0.4, -0.2) is 49.0 Å². The third kappa shape index (κ3) is 2.68. The van der Waals surface area contributed by atoms with Crippen LogP contribution in [0.1, 0.15) is 31.0 Å². The van der Waals surface area contributed by atoms with Gasteiger partial charge in [0.05, 0.1) is 22.8 Å². The lowest BCUT2D eigenvalue weighted by Crippen LogP contribution is -2.34. The van der Waals surface area contributed by atoms with Crippen molar-refractivity contribution in [1.82, 2.24) is 30.0 Å². The van der Waals surface area contributed by atoms with Gasteiger partial charge >= 0.3 is 0 Å². The second kappa shape index (κ2) is 6.28. The maximum Gasteiger partial charge on any atom is 0.243 e. The Morgan fingerprint density at radius 3 is 2.90 bits per heavy atom. The largest absolute Gasteiger partial charge is 0.382 e. The SMILES string of the molecule is N#CC1(C(=O)N2CC[C@H](c3nc4c(N)nc5cc(-c6cc[nH]n6)ccc5c4[nH]3)C2)CC1. The maximum atomic E-state index is 12.7. The molecule has 1 atom stereocenters. The van der Waals surface area contributed by atoms with Crippen LogP contribution in [0.2, 0.25) is 0 Å². The number of nitrogens with zero attached hydrogens (tertiary/aromatic N) is 5. The summed E-state index contributed by atoms with van der Waals surface area (Å²) in [6.45, 7) is 1.21. The van der Waals surface area contributed by atoms with Gasteiger partial charge in [-0.15, -0.1) is 0 Å². The molecule has 9 heteroatoms. The molecule has 3 aromatic heterocycles. The zero-order valence-electron chi connectivity index (χ0n) is 16.7. The number of anilines is 1. The highest BCUT2D eigenvalue weighted by atomic mass is 16.2. The number of hydrogen-bond donors (Lipinski definition) is 3. The van der Waals surface area contributed by atoms with Gasteiger partial charge in [-0.05, 0) is 37.5 Å². The van der Waals surface area contributed by atoms with E-state index in [1.807, 2.05) is 29.2 Å². The van der Waals surface area contributed by atoms with Crippen LogP contribution in [0.15, 0.2) is 30.5 Å². The zero-order chi connectivity index (χ0) is 21.2. The minimum Gasteiger partial charge on any atom is -0.382 e. The number of amides is 1. The number of aromatic amines is 2. The van der Waals surface area contributed by atoms with Gasteiger partial charge in [0, 0.05) is 36.2 Å². The van der Waals surface area contributed by atoms with Gasteiger partial charge in [0.15, 0.2) is 5.82 Å². The van der Waals surface area contributed by atoms with Crippen molar-refractivity contribution in [3.63, 3.8) is 0 Å². The Kier molecular flexibility index (Phi) is 3.63. The summed E-state index contributed by atoms with van der Waals surface area (Å²) in [5.41, 5.74) is 9.54. The minimum absolute atomic E-state index is 0.0360. The van der Waals surface area contributed by atoms with Crippen LogP contribution in [0.3, 0.4) is 0 Å². The van der Waals surface area contributed by atoms with E-state index in [1.165, 1.54) is 0 Å².